The van der Waals surface area contributed by atoms with Gasteiger partial charge in [0.05, 0.1) is 6.61 Å². The van der Waals surface area contributed by atoms with Crippen LogP contribution < -0.4 is 5.73 Å². The van der Waals surface area contributed by atoms with Crippen molar-refractivity contribution in [3.05, 3.63) is 35.4 Å². The SMILES string of the molecule is COCc1ccc(C2C(N)CCN2C)cc1. The number of nitrogens with zero attached hydrogens (tertiary/aromatic N) is 1. The second-order valence-electron chi connectivity index (χ2n) is 4.55. The predicted octanol–water partition coefficient (Wildman–Crippen LogP) is 1.54. The number of nitrogens with two attached hydrogens (primary N) is 1. The summed E-state index contributed by atoms with van der Waals surface area (Å²) in [6.07, 6.45) is 1.08. The molecule has 1 aliphatic heterocycles. The number of benzene rings is 1. The summed E-state index contributed by atoms with van der Waals surface area (Å²) in [6.45, 7) is 1.76. The number of likely N-dealkylation sites (tertiary alicyclic amines) is 1. The molecule has 0 amide bonds. The largest absolute Gasteiger partial charge is 0.380 e. The molecule has 0 bridgehead atoms. The van der Waals surface area contributed by atoms with Gasteiger partial charge in [-0.05, 0) is 24.6 Å². The fraction of sp³-hybridized carbons (Fsp3) is 0.538. The Morgan fingerprint density at radius 3 is 2.56 bits per heavy atom. The lowest BCUT2D eigenvalue weighted by atomic mass is 10.00. The van der Waals surface area contributed by atoms with Crippen molar-refractivity contribution < 1.29 is 4.74 Å². The maximum absolute atomic E-state index is 6.13. The Morgan fingerprint density at radius 2 is 2.06 bits per heavy atom. The Morgan fingerprint density at radius 1 is 1.38 bits per heavy atom. The Labute approximate surface area is 97.2 Å². The van der Waals surface area contributed by atoms with Crippen LogP contribution in [0.1, 0.15) is 23.6 Å². The minimum absolute atomic E-state index is 0.262. The standard InChI is InChI=1S/C13H20N2O/c1-15-8-7-12(14)13(15)11-5-3-10(4-6-11)9-16-2/h3-6,12-13H,7-9,14H2,1-2H3. The Kier molecular flexibility index (Phi) is 3.59. The smallest absolute Gasteiger partial charge is 0.0713 e. The number of hydrogen-bond donors (Lipinski definition) is 1. The molecule has 1 aliphatic rings. The Hall–Kier alpha value is -0.900. The van der Waals surface area contributed by atoms with Gasteiger partial charge in [0.1, 0.15) is 0 Å². The fourth-order valence-corrected chi connectivity index (χ4v) is 2.46. The lowest BCUT2D eigenvalue weighted by Gasteiger charge is -2.23. The van der Waals surface area contributed by atoms with E-state index in [0.29, 0.717) is 12.6 Å². The molecule has 1 heterocycles. The third-order valence-electron chi connectivity index (χ3n) is 3.33. The number of rotatable bonds is 3. The van der Waals surface area contributed by atoms with Crippen LogP contribution in [-0.4, -0.2) is 31.6 Å². The average Bonchev–Trinajstić information content (AvgIpc) is 2.61. The molecule has 3 nitrogen and oxygen atoms in total. The second-order valence-corrected chi connectivity index (χ2v) is 4.55. The Bertz CT molecular complexity index is 326. The van der Waals surface area contributed by atoms with Gasteiger partial charge in [-0.15, -0.1) is 0 Å². The highest BCUT2D eigenvalue weighted by Gasteiger charge is 2.29. The van der Waals surface area contributed by atoms with Crippen LogP contribution in [0.3, 0.4) is 0 Å². The Balaban J connectivity index is 2.14. The summed E-state index contributed by atoms with van der Waals surface area (Å²) in [7, 11) is 3.86. The predicted molar refractivity (Wildman–Crippen MR) is 65.1 cm³/mol. The highest BCUT2D eigenvalue weighted by molar-refractivity contribution is 5.26. The summed E-state index contributed by atoms with van der Waals surface area (Å²) in [5.74, 6) is 0. The van der Waals surface area contributed by atoms with Crippen LogP contribution in [0.5, 0.6) is 0 Å². The van der Waals surface area contributed by atoms with Crippen LogP contribution in [0, 0.1) is 0 Å². The minimum Gasteiger partial charge on any atom is -0.380 e. The normalized spacial score (nSPS) is 26.2. The summed E-state index contributed by atoms with van der Waals surface area (Å²) in [5.41, 5.74) is 8.65. The van der Waals surface area contributed by atoms with Gasteiger partial charge in [-0.25, -0.2) is 0 Å². The average molecular weight is 220 g/mol. The highest BCUT2D eigenvalue weighted by Crippen LogP contribution is 2.29. The van der Waals surface area contributed by atoms with Gasteiger partial charge >= 0.3 is 0 Å². The minimum atomic E-state index is 0.262. The molecule has 0 radical (unpaired) electrons. The summed E-state index contributed by atoms with van der Waals surface area (Å²) in [6, 6.07) is 9.21. The van der Waals surface area contributed by atoms with Crippen LogP contribution in [0.15, 0.2) is 24.3 Å². The number of likely N-dealkylation sites (N-methyl/N-ethyl adjacent to an activating group) is 1. The van der Waals surface area contributed by atoms with Gasteiger partial charge in [0.15, 0.2) is 0 Å². The molecule has 2 rings (SSSR count). The van der Waals surface area contributed by atoms with Crippen LogP contribution in [-0.2, 0) is 11.3 Å². The van der Waals surface area contributed by atoms with E-state index in [0.717, 1.165) is 13.0 Å². The summed E-state index contributed by atoms with van der Waals surface area (Å²) in [5, 5.41) is 0. The highest BCUT2D eigenvalue weighted by atomic mass is 16.5. The molecule has 2 atom stereocenters. The van der Waals surface area contributed by atoms with E-state index >= 15 is 0 Å². The van der Waals surface area contributed by atoms with E-state index in [1.807, 2.05) is 0 Å². The molecule has 16 heavy (non-hydrogen) atoms. The van der Waals surface area contributed by atoms with Crippen molar-refractivity contribution >= 4 is 0 Å². The zero-order valence-electron chi connectivity index (χ0n) is 10.0. The number of methoxy groups -OCH3 is 1. The quantitative estimate of drug-likeness (QED) is 0.839. The molecule has 0 aliphatic carbocycles. The van der Waals surface area contributed by atoms with E-state index in [1.54, 1.807) is 7.11 Å². The maximum Gasteiger partial charge on any atom is 0.0713 e. The molecule has 0 spiro atoms. The molecule has 0 aromatic heterocycles. The van der Waals surface area contributed by atoms with Crippen LogP contribution in [0.4, 0.5) is 0 Å². The van der Waals surface area contributed by atoms with Crippen molar-refractivity contribution in [3.63, 3.8) is 0 Å². The van der Waals surface area contributed by atoms with Crippen LogP contribution in [0.2, 0.25) is 0 Å². The van der Waals surface area contributed by atoms with Crippen LogP contribution >= 0.6 is 0 Å². The molecule has 88 valence electrons. The van der Waals surface area contributed by atoms with E-state index in [1.165, 1.54) is 11.1 Å². The van der Waals surface area contributed by atoms with Gasteiger partial charge in [0.25, 0.3) is 0 Å². The van der Waals surface area contributed by atoms with E-state index < -0.39 is 0 Å². The summed E-state index contributed by atoms with van der Waals surface area (Å²) in [4.78, 5) is 2.33. The zero-order chi connectivity index (χ0) is 11.5. The first-order valence-electron chi connectivity index (χ1n) is 5.76. The first-order chi connectivity index (χ1) is 7.72. The van der Waals surface area contributed by atoms with Crippen molar-refractivity contribution in [2.75, 3.05) is 20.7 Å². The molecule has 1 aromatic rings. The van der Waals surface area contributed by atoms with Crippen molar-refractivity contribution in [1.29, 1.82) is 0 Å². The van der Waals surface area contributed by atoms with Gasteiger partial charge in [-0.1, -0.05) is 24.3 Å². The fourth-order valence-electron chi connectivity index (χ4n) is 2.46. The second kappa shape index (κ2) is 4.95. The van der Waals surface area contributed by atoms with Crippen molar-refractivity contribution in [2.24, 2.45) is 5.73 Å². The molecule has 1 fully saturated rings. The first-order valence-corrected chi connectivity index (χ1v) is 5.76. The van der Waals surface area contributed by atoms with E-state index in [-0.39, 0.29) is 6.04 Å². The van der Waals surface area contributed by atoms with Gasteiger partial charge in [0, 0.05) is 25.7 Å². The van der Waals surface area contributed by atoms with E-state index in [4.69, 9.17) is 10.5 Å². The van der Waals surface area contributed by atoms with Gasteiger partial charge in [-0.3, -0.25) is 4.90 Å². The molecule has 3 heteroatoms. The lowest BCUT2D eigenvalue weighted by molar-refractivity contribution is 0.185. The zero-order valence-corrected chi connectivity index (χ0v) is 10.0. The van der Waals surface area contributed by atoms with Gasteiger partial charge in [-0.2, -0.15) is 0 Å². The third-order valence-corrected chi connectivity index (χ3v) is 3.33. The summed E-state index contributed by atoms with van der Waals surface area (Å²) < 4.78 is 5.10. The van der Waals surface area contributed by atoms with Gasteiger partial charge in [0.2, 0.25) is 0 Å². The molecule has 0 saturated carbocycles. The topological polar surface area (TPSA) is 38.5 Å². The molecule has 2 unspecified atom stereocenters. The van der Waals surface area contributed by atoms with Crippen molar-refractivity contribution in [3.8, 4) is 0 Å². The molecule has 1 aromatic carbocycles. The number of ether oxygens (including phenoxy) is 1. The van der Waals surface area contributed by atoms with Crippen molar-refractivity contribution in [1.82, 2.24) is 4.90 Å². The molecule has 2 N–H and O–H groups in total. The van der Waals surface area contributed by atoms with E-state index in [2.05, 4.69) is 36.2 Å². The number of hydrogen-bond acceptors (Lipinski definition) is 3. The van der Waals surface area contributed by atoms with Gasteiger partial charge < -0.3 is 10.5 Å². The third kappa shape index (κ3) is 2.26. The van der Waals surface area contributed by atoms with Crippen LogP contribution in [0.25, 0.3) is 0 Å². The van der Waals surface area contributed by atoms with Crippen molar-refractivity contribution in [2.45, 2.75) is 25.1 Å². The molecular formula is C13H20N2O. The molecular weight excluding hydrogens is 200 g/mol. The summed E-state index contributed by atoms with van der Waals surface area (Å²) >= 11 is 0. The first kappa shape index (κ1) is 11.6. The monoisotopic (exact) mass is 220 g/mol. The lowest BCUT2D eigenvalue weighted by Crippen LogP contribution is -2.29. The van der Waals surface area contributed by atoms with E-state index in [9.17, 15) is 0 Å². The maximum atomic E-state index is 6.13. The molecule has 1 saturated heterocycles.